The van der Waals surface area contributed by atoms with E-state index in [4.69, 9.17) is 0 Å². The number of benzene rings is 2. The van der Waals surface area contributed by atoms with E-state index >= 15 is 0 Å². The first-order valence-electron chi connectivity index (χ1n) is 10.6. The standard InChI is InChI=1S/C24H26N4O3/c1-16(14-17-15-25-20-10-4-2-8-18(17)20)26-22(29)23(30)27-21-11-5-3-9-19(21)24(31)28-12-6-7-13-28/h2-5,8-11,15-16,25H,6-7,12-14H2,1H3,(H,26,29)(H,27,30). The van der Waals surface area contributed by atoms with Crippen LogP contribution in [0.5, 0.6) is 0 Å². The molecule has 0 bridgehead atoms. The van der Waals surface area contributed by atoms with Crippen LogP contribution in [0.2, 0.25) is 0 Å². The maximum absolute atomic E-state index is 12.8. The van der Waals surface area contributed by atoms with Gasteiger partial charge >= 0.3 is 11.8 Å². The highest BCUT2D eigenvalue weighted by Crippen LogP contribution is 2.21. The number of aromatic amines is 1. The third kappa shape index (κ3) is 4.60. The predicted octanol–water partition coefficient (Wildman–Crippen LogP) is 3.09. The molecule has 3 amide bonds. The molecule has 2 aromatic carbocycles. The van der Waals surface area contributed by atoms with Gasteiger partial charge in [-0.3, -0.25) is 14.4 Å². The Morgan fingerprint density at radius 1 is 1.00 bits per heavy atom. The molecule has 7 nitrogen and oxygen atoms in total. The number of hydrogen-bond donors (Lipinski definition) is 3. The van der Waals surface area contributed by atoms with Crippen LogP contribution in [0.4, 0.5) is 5.69 Å². The van der Waals surface area contributed by atoms with E-state index in [1.165, 1.54) is 0 Å². The predicted molar refractivity (Wildman–Crippen MR) is 120 cm³/mol. The lowest BCUT2D eigenvalue weighted by Gasteiger charge is -2.18. The van der Waals surface area contributed by atoms with Gasteiger partial charge in [-0.25, -0.2) is 0 Å². The van der Waals surface area contributed by atoms with Crippen LogP contribution in [0.15, 0.2) is 54.7 Å². The number of rotatable bonds is 5. The van der Waals surface area contributed by atoms with Gasteiger partial charge in [-0.05, 0) is 49.9 Å². The minimum atomic E-state index is -0.785. The average Bonchev–Trinajstić information content (AvgIpc) is 3.44. The lowest BCUT2D eigenvalue weighted by atomic mass is 10.1. The van der Waals surface area contributed by atoms with Crippen LogP contribution in [-0.2, 0) is 16.0 Å². The summed E-state index contributed by atoms with van der Waals surface area (Å²) in [6.07, 6.45) is 4.48. The van der Waals surface area contributed by atoms with Crippen molar-refractivity contribution in [2.24, 2.45) is 0 Å². The van der Waals surface area contributed by atoms with Crippen molar-refractivity contribution in [1.29, 1.82) is 0 Å². The van der Waals surface area contributed by atoms with E-state index < -0.39 is 11.8 Å². The topological polar surface area (TPSA) is 94.3 Å². The number of nitrogens with zero attached hydrogens (tertiary/aromatic N) is 1. The summed E-state index contributed by atoms with van der Waals surface area (Å²) in [4.78, 5) is 42.7. The van der Waals surface area contributed by atoms with Gasteiger partial charge in [-0.2, -0.15) is 0 Å². The maximum Gasteiger partial charge on any atom is 0.313 e. The molecule has 4 rings (SSSR count). The van der Waals surface area contributed by atoms with Gasteiger partial charge in [0.1, 0.15) is 0 Å². The lowest BCUT2D eigenvalue weighted by Crippen LogP contribution is -2.41. The fourth-order valence-corrected chi connectivity index (χ4v) is 4.02. The zero-order chi connectivity index (χ0) is 21.8. The lowest BCUT2D eigenvalue weighted by molar-refractivity contribution is -0.136. The minimum Gasteiger partial charge on any atom is -0.361 e. The first kappa shape index (κ1) is 20.7. The summed E-state index contributed by atoms with van der Waals surface area (Å²) in [6.45, 7) is 3.29. The van der Waals surface area contributed by atoms with Crippen LogP contribution in [-0.4, -0.2) is 46.7 Å². The van der Waals surface area contributed by atoms with Gasteiger partial charge in [0, 0.05) is 36.2 Å². The molecular formula is C24H26N4O3. The molecule has 3 N–H and O–H groups in total. The van der Waals surface area contributed by atoms with E-state index in [1.54, 1.807) is 29.2 Å². The van der Waals surface area contributed by atoms with Crippen molar-refractivity contribution < 1.29 is 14.4 Å². The summed E-state index contributed by atoms with van der Waals surface area (Å²) < 4.78 is 0. The smallest absolute Gasteiger partial charge is 0.313 e. The van der Waals surface area contributed by atoms with E-state index in [9.17, 15) is 14.4 Å². The van der Waals surface area contributed by atoms with Crippen LogP contribution in [0.1, 0.15) is 35.7 Å². The van der Waals surface area contributed by atoms with Gasteiger partial charge in [-0.15, -0.1) is 0 Å². The molecular weight excluding hydrogens is 392 g/mol. The number of H-pyrrole nitrogens is 1. The molecule has 0 spiro atoms. The third-order valence-electron chi connectivity index (χ3n) is 5.58. The second-order valence-electron chi connectivity index (χ2n) is 7.94. The summed E-state index contributed by atoms with van der Waals surface area (Å²) in [5, 5.41) is 6.45. The van der Waals surface area contributed by atoms with Crippen molar-refractivity contribution in [3.8, 4) is 0 Å². The highest BCUT2D eigenvalue weighted by atomic mass is 16.2. The summed E-state index contributed by atoms with van der Waals surface area (Å²) in [6, 6.07) is 14.5. The first-order chi connectivity index (χ1) is 15.0. The molecule has 0 radical (unpaired) electrons. The first-order valence-corrected chi connectivity index (χ1v) is 10.6. The van der Waals surface area contributed by atoms with Gasteiger partial charge in [0.2, 0.25) is 0 Å². The van der Waals surface area contributed by atoms with Crippen LogP contribution in [0.25, 0.3) is 10.9 Å². The van der Waals surface area contributed by atoms with Crippen LogP contribution in [0, 0.1) is 0 Å². The number of likely N-dealkylation sites (tertiary alicyclic amines) is 1. The molecule has 1 atom stereocenters. The zero-order valence-corrected chi connectivity index (χ0v) is 17.5. The molecule has 1 aliphatic heterocycles. The van der Waals surface area contributed by atoms with E-state index in [0.29, 0.717) is 30.8 Å². The van der Waals surface area contributed by atoms with Crippen molar-refractivity contribution >= 4 is 34.3 Å². The maximum atomic E-state index is 12.8. The highest BCUT2D eigenvalue weighted by Gasteiger charge is 2.24. The summed E-state index contributed by atoms with van der Waals surface area (Å²) >= 11 is 0. The number of aromatic nitrogens is 1. The van der Waals surface area contributed by atoms with Crippen LogP contribution >= 0.6 is 0 Å². The van der Waals surface area contributed by atoms with Crippen molar-refractivity contribution in [1.82, 2.24) is 15.2 Å². The number of hydrogen-bond acceptors (Lipinski definition) is 3. The van der Waals surface area contributed by atoms with Crippen molar-refractivity contribution in [3.63, 3.8) is 0 Å². The number of anilines is 1. The number of amides is 3. The Labute approximate surface area is 180 Å². The second-order valence-corrected chi connectivity index (χ2v) is 7.94. The Bertz CT molecular complexity index is 1110. The van der Waals surface area contributed by atoms with Crippen molar-refractivity contribution in [2.75, 3.05) is 18.4 Å². The van der Waals surface area contributed by atoms with E-state index in [1.807, 2.05) is 37.4 Å². The monoisotopic (exact) mass is 418 g/mol. The average molecular weight is 418 g/mol. The van der Waals surface area contributed by atoms with E-state index in [2.05, 4.69) is 15.6 Å². The Kier molecular flexibility index (Phi) is 6.02. The summed E-state index contributed by atoms with van der Waals surface area (Å²) in [5.74, 6) is -1.63. The highest BCUT2D eigenvalue weighted by molar-refractivity contribution is 6.40. The molecule has 1 aromatic heterocycles. The van der Waals surface area contributed by atoms with Gasteiger partial charge < -0.3 is 20.5 Å². The van der Waals surface area contributed by atoms with Crippen molar-refractivity contribution in [3.05, 3.63) is 65.9 Å². The van der Waals surface area contributed by atoms with Gasteiger partial charge in [0.05, 0.1) is 11.3 Å². The van der Waals surface area contributed by atoms with Gasteiger partial charge in [0.25, 0.3) is 5.91 Å². The zero-order valence-electron chi connectivity index (χ0n) is 17.5. The van der Waals surface area contributed by atoms with E-state index in [-0.39, 0.29) is 11.9 Å². The largest absolute Gasteiger partial charge is 0.361 e. The van der Waals surface area contributed by atoms with E-state index in [0.717, 1.165) is 29.3 Å². The van der Waals surface area contributed by atoms with Gasteiger partial charge in [0.15, 0.2) is 0 Å². The molecule has 1 unspecified atom stereocenters. The molecule has 31 heavy (non-hydrogen) atoms. The van der Waals surface area contributed by atoms with Crippen LogP contribution in [0.3, 0.4) is 0 Å². The molecule has 7 heteroatoms. The Balaban J connectivity index is 1.39. The van der Waals surface area contributed by atoms with Gasteiger partial charge in [-0.1, -0.05) is 30.3 Å². The molecule has 1 aliphatic rings. The third-order valence-corrected chi connectivity index (χ3v) is 5.58. The molecule has 0 saturated carbocycles. The fourth-order valence-electron chi connectivity index (χ4n) is 4.02. The number of nitrogens with one attached hydrogen (secondary N) is 3. The molecule has 3 aromatic rings. The SMILES string of the molecule is CC(Cc1c[nH]c2ccccc12)NC(=O)C(=O)Nc1ccccc1C(=O)N1CCCC1. The quantitative estimate of drug-likeness (QED) is 0.556. The Hall–Kier alpha value is -3.61. The van der Waals surface area contributed by atoms with Crippen molar-refractivity contribution in [2.45, 2.75) is 32.2 Å². The fraction of sp³-hybridized carbons (Fsp3) is 0.292. The number of para-hydroxylation sites is 2. The minimum absolute atomic E-state index is 0.124. The molecule has 2 heterocycles. The number of carbonyl (C=O) groups is 3. The number of fused-ring (bicyclic) bond motifs is 1. The normalized spacial score (nSPS) is 14.4. The molecule has 0 aliphatic carbocycles. The number of carbonyl (C=O) groups excluding carboxylic acids is 3. The summed E-state index contributed by atoms with van der Waals surface area (Å²) in [7, 11) is 0. The molecule has 1 saturated heterocycles. The van der Waals surface area contributed by atoms with Crippen LogP contribution < -0.4 is 10.6 Å². The molecule has 1 fully saturated rings. The second kappa shape index (κ2) is 9.04. The molecule has 160 valence electrons. The Morgan fingerprint density at radius 3 is 2.52 bits per heavy atom. The Morgan fingerprint density at radius 2 is 1.71 bits per heavy atom. The summed E-state index contributed by atoms with van der Waals surface area (Å²) in [5.41, 5.74) is 2.86.